The van der Waals surface area contributed by atoms with E-state index in [9.17, 15) is 14.4 Å². The minimum Gasteiger partial charge on any atom is -0.370 e. The van der Waals surface area contributed by atoms with Crippen molar-refractivity contribution in [1.29, 1.82) is 0 Å². The van der Waals surface area contributed by atoms with Crippen molar-refractivity contribution in [2.75, 3.05) is 18.4 Å². The van der Waals surface area contributed by atoms with Crippen molar-refractivity contribution in [3.05, 3.63) is 29.8 Å². The Morgan fingerprint density at radius 1 is 1.04 bits per heavy atom. The first-order chi connectivity index (χ1) is 11.5. The molecular weight excluding hydrogens is 308 g/mol. The van der Waals surface area contributed by atoms with Gasteiger partial charge in [0, 0.05) is 30.8 Å². The highest BCUT2D eigenvalue weighted by molar-refractivity contribution is 5.97. The lowest BCUT2D eigenvalue weighted by molar-refractivity contribution is -0.117. The summed E-state index contributed by atoms with van der Waals surface area (Å²) in [7, 11) is 0. The minimum absolute atomic E-state index is 0.0874. The Morgan fingerprint density at radius 3 is 2.54 bits per heavy atom. The Kier molecular flexibility index (Phi) is 8.96. The molecule has 0 spiro atoms. The van der Waals surface area contributed by atoms with Crippen molar-refractivity contribution >= 4 is 23.5 Å². The lowest BCUT2D eigenvalue weighted by Crippen LogP contribution is -2.30. The molecule has 0 unspecified atom stereocenters. The number of unbranched alkanes of at least 4 members (excludes halogenated alkanes) is 3. The molecule has 5 N–H and O–H groups in total. The number of anilines is 1. The molecule has 132 valence electrons. The van der Waals surface area contributed by atoms with E-state index >= 15 is 0 Å². The largest absolute Gasteiger partial charge is 0.370 e. The number of carbonyl (C=O) groups is 3. The van der Waals surface area contributed by atoms with Crippen LogP contribution in [0.3, 0.4) is 0 Å². The second-order valence-corrected chi connectivity index (χ2v) is 5.49. The second-order valence-electron chi connectivity index (χ2n) is 5.49. The van der Waals surface area contributed by atoms with Gasteiger partial charge in [0.05, 0.1) is 0 Å². The average molecular weight is 334 g/mol. The van der Waals surface area contributed by atoms with E-state index in [-0.39, 0.29) is 24.9 Å². The molecule has 0 saturated heterocycles. The third-order valence-electron chi connectivity index (χ3n) is 3.36. The maximum Gasteiger partial charge on any atom is 0.319 e. The van der Waals surface area contributed by atoms with Crippen LogP contribution in [0.1, 0.15) is 49.4 Å². The molecule has 0 bridgehead atoms. The van der Waals surface area contributed by atoms with Gasteiger partial charge in [-0.3, -0.25) is 9.59 Å². The first-order valence-electron chi connectivity index (χ1n) is 8.24. The van der Waals surface area contributed by atoms with E-state index < -0.39 is 5.91 Å². The molecule has 4 amide bonds. The van der Waals surface area contributed by atoms with Gasteiger partial charge in [0.2, 0.25) is 5.91 Å². The molecule has 24 heavy (non-hydrogen) atoms. The predicted octanol–water partition coefficient (Wildman–Crippen LogP) is 1.99. The molecule has 0 aliphatic heterocycles. The molecule has 1 rings (SSSR count). The van der Waals surface area contributed by atoms with Crippen molar-refractivity contribution in [3.63, 3.8) is 0 Å². The number of primary amides is 1. The Bertz CT molecular complexity index is 561. The fourth-order valence-electron chi connectivity index (χ4n) is 2.07. The smallest absolute Gasteiger partial charge is 0.319 e. The van der Waals surface area contributed by atoms with Gasteiger partial charge in [-0.05, 0) is 24.6 Å². The van der Waals surface area contributed by atoms with Crippen molar-refractivity contribution in [1.82, 2.24) is 10.6 Å². The summed E-state index contributed by atoms with van der Waals surface area (Å²) >= 11 is 0. The first-order valence-corrected chi connectivity index (χ1v) is 8.24. The van der Waals surface area contributed by atoms with Crippen LogP contribution in [-0.4, -0.2) is 30.9 Å². The zero-order chi connectivity index (χ0) is 17.8. The van der Waals surface area contributed by atoms with Crippen LogP contribution in [0.4, 0.5) is 10.5 Å². The van der Waals surface area contributed by atoms with Gasteiger partial charge in [0.1, 0.15) is 0 Å². The fourth-order valence-corrected chi connectivity index (χ4v) is 2.07. The third-order valence-corrected chi connectivity index (χ3v) is 3.36. The van der Waals surface area contributed by atoms with Gasteiger partial charge in [-0.2, -0.15) is 0 Å². The molecule has 0 aliphatic carbocycles. The number of amides is 4. The summed E-state index contributed by atoms with van der Waals surface area (Å²) in [6.45, 7) is 2.94. The number of benzene rings is 1. The number of rotatable bonds is 10. The zero-order valence-electron chi connectivity index (χ0n) is 14.1. The summed E-state index contributed by atoms with van der Waals surface area (Å²) in [5.74, 6) is -0.791. The standard InChI is InChI=1S/C17H26N4O3/c1-2-3-4-5-10-20-17(24)21-14-8-6-7-13(12-14)16(23)19-11-9-15(18)22/h6-8,12H,2-5,9-11H2,1H3,(H2,18,22)(H,19,23)(H2,20,21,24). The van der Waals surface area contributed by atoms with Crippen molar-refractivity contribution in [2.24, 2.45) is 5.73 Å². The SMILES string of the molecule is CCCCCCNC(=O)Nc1cccc(C(=O)NCCC(N)=O)c1. The molecule has 7 nitrogen and oxygen atoms in total. The number of hydrogen-bond donors (Lipinski definition) is 4. The number of nitrogens with two attached hydrogens (primary N) is 1. The molecule has 0 heterocycles. The molecule has 0 fully saturated rings. The molecule has 7 heteroatoms. The molecule has 1 aromatic rings. The highest BCUT2D eigenvalue weighted by Gasteiger charge is 2.08. The molecule has 0 aromatic heterocycles. The normalized spacial score (nSPS) is 10.0. The Morgan fingerprint density at radius 2 is 1.83 bits per heavy atom. The van der Waals surface area contributed by atoms with Crippen LogP contribution >= 0.6 is 0 Å². The van der Waals surface area contributed by atoms with Gasteiger partial charge in [0.25, 0.3) is 5.91 Å². The topological polar surface area (TPSA) is 113 Å². The van der Waals surface area contributed by atoms with E-state index in [2.05, 4.69) is 22.9 Å². The lowest BCUT2D eigenvalue weighted by atomic mass is 10.2. The van der Waals surface area contributed by atoms with Crippen molar-refractivity contribution in [2.45, 2.75) is 39.0 Å². The monoisotopic (exact) mass is 334 g/mol. The predicted molar refractivity (Wildman–Crippen MR) is 93.8 cm³/mol. The third kappa shape index (κ3) is 8.17. The summed E-state index contributed by atoms with van der Waals surface area (Å²) in [6, 6.07) is 6.30. The molecule has 0 aliphatic rings. The summed E-state index contributed by atoms with van der Waals surface area (Å²) in [6.07, 6.45) is 4.45. The minimum atomic E-state index is -0.471. The Hall–Kier alpha value is -2.57. The quantitative estimate of drug-likeness (QED) is 0.491. The van der Waals surface area contributed by atoms with Gasteiger partial charge in [-0.25, -0.2) is 4.79 Å². The summed E-state index contributed by atoms with van der Waals surface area (Å²) in [5, 5.41) is 8.08. The lowest BCUT2D eigenvalue weighted by Gasteiger charge is -2.09. The first kappa shape index (κ1) is 19.5. The van der Waals surface area contributed by atoms with E-state index in [4.69, 9.17) is 5.73 Å². The Labute approximate surface area is 142 Å². The van der Waals surface area contributed by atoms with E-state index in [1.165, 1.54) is 0 Å². The van der Waals surface area contributed by atoms with Crippen molar-refractivity contribution < 1.29 is 14.4 Å². The van der Waals surface area contributed by atoms with Crippen LogP contribution in [0.5, 0.6) is 0 Å². The zero-order valence-corrected chi connectivity index (χ0v) is 14.1. The van der Waals surface area contributed by atoms with E-state index in [1.807, 2.05) is 0 Å². The van der Waals surface area contributed by atoms with Crippen LogP contribution in [0.15, 0.2) is 24.3 Å². The fraction of sp³-hybridized carbons (Fsp3) is 0.471. The molecule has 1 aromatic carbocycles. The van der Waals surface area contributed by atoms with Gasteiger partial charge >= 0.3 is 6.03 Å². The Balaban J connectivity index is 2.42. The molecule has 0 radical (unpaired) electrons. The van der Waals surface area contributed by atoms with Gasteiger partial charge in [0.15, 0.2) is 0 Å². The second kappa shape index (κ2) is 11.0. The number of nitrogens with one attached hydrogen (secondary N) is 3. The summed E-state index contributed by atoms with van der Waals surface area (Å²) in [5.41, 5.74) is 5.95. The number of carbonyl (C=O) groups excluding carboxylic acids is 3. The molecule has 0 saturated carbocycles. The van der Waals surface area contributed by atoms with Crippen LogP contribution < -0.4 is 21.7 Å². The van der Waals surface area contributed by atoms with Crippen LogP contribution in [0, 0.1) is 0 Å². The van der Waals surface area contributed by atoms with Crippen molar-refractivity contribution in [3.8, 4) is 0 Å². The molecule has 0 atom stereocenters. The van der Waals surface area contributed by atoms with Crippen LogP contribution in [-0.2, 0) is 4.79 Å². The van der Waals surface area contributed by atoms with E-state index in [0.29, 0.717) is 17.8 Å². The maximum absolute atomic E-state index is 11.9. The molecular formula is C17H26N4O3. The summed E-state index contributed by atoms with van der Waals surface area (Å²) in [4.78, 5) is 34.4. The van der Waals surface area contributed by atoms with Crippen LogP contribution in [0.25, 0.3) is 0 Å². The highest BCUT2D eigenvalue weighted by Crippen LogP contribution is 2.10. The maximum atomic E-state index is 11.9. The summed E-state index contributed by atoms with van der Waals surface area (Å²) < 4.78 is 0. The van der Waals surface area contributed by atoms with Gasteiger partial charge in [-0.1, -0.05) is 32.3 Å². The number of hydrogen-bond acceptors (Lipinski definition) is 3. The average Bonchev–Trinajstić information content (AvgIpc) is 2.54. The number of urea groups is 1. The highest BCUT2D eigenvalue weighted by atomic mass is 16.2. The van der Waals surface area contributed by atoms with E-state index in [0.717, 1.165) is 25.7 Å². The van der Waals surface area contributed by atoms with Gasteiger partial charge in [-0.15, -0.1) is 0 Å². The van der Waals surface area contributed by atoms with Crippen LogP contribution in [0.2, 0.25) is 0 Å². The van der Waals surface area contributed by atoms with E-state index in [1.54, 1.807) is 24.3 Å². The van der Waals surface area contributed by atoms with Gasteiger partial charge < -0.3 is 21.7 Å².